The van der Waals surface area contributed by atoms with Crippen molar-refractivity contribution >= 4 is 11.6 Å². The third-order valence-electron chi connectivity index (χ3n) is 2.91. The smallest absolute Gasteiger partial charge is 0.0320 e. The molecule has 0 amide bonds. The average molecular weight is 219 g/mol. The molecule has 14 heavy (non-hydrogen) atoms. The summed E-state index contributed by atoms with van der Waals surface area (Å²) >= 11 is 5.91. The molecule has 1 heterocycles. The second kappa shape index (κ2) is 6.65. The van der Waals surface area contributed by atoms with Gasteiger partial charge in [0.05, 0.1) is 0 Å². The molecule has 84 valence electrons. The summed E-state index contributed by atoms with van der Waals surface area (Å²) < 4.78 is 0. The molecule has 2 nitrogen and oxygen atoms in total. The summed E-state index contributed by atoms with van der Waals surface area (Å²) in [5.41, 5.74) is 0. The van der Waals surface area contributed by atoms with Crippen molar-refractivity contribution in [3.05, 3.63) is 0 Å². The Hall–Kier alpha value is 0.210. The SMILES string of the molecule is CC(Cl)CCN(C)CCN1CCCC1. The third-order valence-corrected chi connectivity index (χ3v) is 3.12. The number of rotatable bonds is 6. The predicted molar refractivity (Wildman–Crippen MR) is 63.1 cm³/mol. The molecule has 1 saturated heterocycles. The Balaban J connectivity index is 1.99. The number of likely N-dealkylation sites (tertiary alicyclic amines) is 1. The van der Waals surface area contributed by atoms with E-state index in [0.717, 1.165) is 13.0 Å². The molecular formula is C11H23ClN2. The fourth-order valence-corrected chi connectivity index (χ4v) is 1.93. The van der Waals surface area contributed by atoms with Gasteiger partial charge in [-0.2, -0.15) is 0 Å². The van der Waals surface area contributed by atoms with Crippen LogP contribution in [0.2, 0.25) is 0 Å². The minimum absolute atomic E-state index is 0.309. The third kappa shape index (κ3) is 5.18. The molecule has 1 unspecified atom stereocenters. The summed E-state index contributed by atoms with van der Waals surface area (Å²) in [5.74, 6) is 0. The van der Waals surface area contributed by atoms with Crippen molar-refractivity contribution in [2.24, 2.45) is 0 Å². The maximum atomic E-state index is 5.91. The number of hydrogen-bond donors (Lipinski definition) is 0. The molecular weight excluding hydrogens is 196 g/mol. The van der Waals surface area contributed by atoms with Crippen LogP contribution in [0.15, 0.2) is 0 Å². The average Bonchev–Trinajstić information content (AvgIpc) is 2.63. The van der Waals surface area contributed by atoms with Crippen molar-refractivity contribution < 1.29 is 0 Å². The van der Waals surface area contributed by atoms with Crippen molar-refractivity contribution in [3.8, 4) is 0 Å². The molecule has 0 aromatic rings. The van der Waals surface area contributed by atoms with E-state index in [9.17, 15) is 0 Å². The van der Waals surface area contributed by atoms with Gasteiger partial charge in [0.2, 0.25) is 0 Å². The van der Waals surface area contributed by atoms with Crippen LogP contribution in [0.25, 0.3) is 0 Å². The fraction of sp³-hybridized carbons (Fsp3) is 1.00. The first-order valence-corrected chi connectivity index (χ1v) is 6.17. The Kier molecular flexibility index (Phi) is 5.83. The zero-order chi connectivity index (χ0) is 10.4. The Morgan fingerprint density at radius 1 is 1.29 bits per heavy atom. The summed E-state index contributed by atoms with van der Waals surface area (Å²) in [6.07, 6.45) is 3.88. The molecule has 1 aliphatic rings. The maximum absolute atomic E-state index is 5.91. The van der Waals surface area contributed by atoms with Gasteiger partial charge in [0.15, 0.2) is 0 Å². The van der Waals surface area contributed by atoms with Crippen LogP contribution in [-0.4, -0.2) is 54.9 Å². The van der Waals surface area contributed by atoms with Crippen LogP contribution < -0.4 is 0 Å². The summed E-state index contributed by atoms with van der Waals surface area (Å²) in [7, 11) is 2.19. The predicted octanol–water partition coefficient (Wildman–Crippen LogP) is 2.03. The minimum atomic E-state index is 0.309. The van der Waals surface area contributed by atoms with Gasteiger partial charge in [0.25, 0.3) is 0 Å². The lowest BCUT2D eigenvalue weighted by Crippen LogP contribution is -2.32. The van der Waals surface area contributed by atoms with Gasteiger partial charge in [-0.15, -0.1) is 11.6 Å². The topological polar surface area (TPSA) is 6.48 Å². The number of alkyl halides is 1. The first kappa shape index (κ1) is 12.3. The Morgan fingerprint density at radius 2 is 1.93 bits per heavy atom. The standard InChI is InChI=1S/C11H23ClN2/c1-11(12)5-8-13(2)9-10-14-6-3-4-7-14/h11H,3-10H2,1-2H3. The van der Waals surface area contributed by atoms with Crippen LogP contribution in [0.1, 0.15) is 26.2 Å². The lowest BCUT2D eigenvalue weighted by Gasteiger charge is -2.21. The van der Waals surface area contributed by atoms with Gasteiger partial charge in [-0.3, -0.25) is 0 Å². The first-order chi connectivity index (χ1) is 6.68. The summed E-state index contributed by atoms with van der Waals surface area (Å²) in [6.45, 7) is 8.21. The number of likely N-dealkylation sites (N-methyl/N-ethyl adjacent to an activating group) is 1. The minimum Gasteiger partial charge on any atom is -0.305 e. The van der Waals surface area contributed by atoms with E-state index in [1.54, 1.807) is 0 Å². The van der Waals surface area contributed by atoms with E-state index in [0.29, 0.717) is 5.38 Å². The zero-order valence-electron chi connectivity index (χ0n) is 9.51. The van der Waals surface area contributed by atoms with Gasteiger partial charge < -0.3 is 9.80 Å². The Bertz CT molecular complexity index is 144. The molecule has 0 saturated carbocycles. The molecule has 3 heteroatoms. The fourth-order valence-electron chi connectivity index (χ4n) is 1.83. The van der Waals surface area contributed by atoms with Gasteiger partial charge in [-0.1, -0.05) is 0 Å². The van der Waals surface area contributed by atoms with Crippen molar-refractivity contribution in [1.29, 1.82) is 0 Å². The molecule has 0 radical (unpaired) electrons. The molecule has 0 aliphatic carbocycles. The summed E-state index contributed by atoms with van der Waals surface area (Å²) in [4.78, 5) is 4.94. The van der Waals surface area contributed by atoms with Crippen LogP contribution in [0.3, 0.4) is 0 Å². The highest BCUT2D eigenvalue weighted by Gasteiger charge is 2.11. The first-order valence-electron chi connectivity index (χ1n) is 5.73. The van der Waals surface area contributed by atoms with Crippen molar-refractivity contribution in [2.75, 3.05) is 39.8 Å². The van der Waals surface area contributed by atoms with Crippen LogP contribution in [0.5, 0.6) is 0 Å². The summed E-state index contributed by atoms with van der Waals surface area (Å²) in [5, 5.41) is 0.309. The van der Waals surface area contributed by atoms with E-state index in [1.807, 2.05) is 0 Å². The lowest BCUT2D eigenvalue weighted by molar-refractivity contribution is 0.255. The quantitative estimate of drug-likeness (QED) is 0.630. The van der Waals surface area contributed by atoms with E-state index < -0.39 is 0 Å². The number of halogens is 1. The molecule has 1 aliphatic heterocycles. The normalized spacial score (nSPS) is 20.6. The van der Waals surface area contributed by atoms with E-state index in [4.69, 9.17) is 11.6 Å². The van der Waals surface area contributed by atoms with E-state index in [-0.39, 0.29) is 0 Å². The van der Waals surface area contributed by atoms with Gasteiger partial charge in [-0.05, 0) is 52.9 Å². The van der Waals surface area contributed by atoms with Crippen LogP contribution in [0.4, 0.5) is 0 Å². The maximum Gasteiger partial charge on any atom is 0.0320 e. The number of nitrogens with zero attached hydrogens (tertiary/aromatic N) is 2. The van der Waals surface area contributed by atoms with Gasteiger partial charge in [0.1, 0.15) is 0 Å². The molecule has 1 rings (SSSR count). The highest BCUT2D eigenvalue weighted by atomic mass is 35.5. The second-order valence-electron chi connectivity index (χ2n) is 4.42. The molecule has 0 spiro atoms. The van der Waals surface area contributed by atoms with Crippen LogP contribution in [-0.2, 0) is 0 Å². The highest BCUT2D eigenvalue weighted by molar-refractivity contribution is 6.20. The molecule has 0 N–H and O–H groups in total. The van der Waals surface area contributed by atoms with Crippen LogP contribution >= 0.6 is 11.6 Å². The molecule has 1 atom stereocenters. The van der Waals surface area contributed by atoms with E-state index >= 15 is 0 Å². The Labute approximate surface area is 93.2 Å². The van der Waals surface area contributed by atoms with Gasteiger partial charge >= 0.3 is 0 Å². The van der Waals surface area contributed by atoms with Crippen molar-refractivity contribution in [3.63, 3.8) is 0 Å². The molecule has 0 aromatic heterocycles. The zero-order valence-corrected chi connectivity index (χ0v) is 10.3. The van der Waals surface area contributed by atoms with Crippen molar-refractivity contribution in [2.45, 2.75) is 31.6 Å². The van der Waals surface area contributed by atoms with Crippen molar-refractivity contribution in [1.82, 2.24) is 9.80 Å². The van der Waals surface area contributed by atoms with Gasteiger partial charge in [-0.25, -0.2) is 0 Å². The molecule has 0 bridgehead atoms. The van der Waals surface area contributed by atoms with Crippen LogP contribution in [0, 0.1) is 0 Å². The van der Waals surface area contributed by atoms with Gasteiger partial charge in [0, 0.05) is 18.5 Å². The van der Waals surface area contributed by atoms with E-state index in [2.05, 4.69) is 23.8 Å². The Morgan fingerprint density at radius 3 is 2.50 bits per heavy atom. The summed E-state index contributed by atoms with van der Waals surface area (Å²) in [6, 6.07) is 0. The molecule has 0 aromatic carbocycles. The molecule has 1 fully saturated rings. The second-order valence-corrected chi connectivity index (χ2v) is 5.17. The number of hydrogen-bond acceptors (Lipinski definition) is 2. The monoisotopic (exact) mass is 218 g/mol. The van der Waals surface area contributed by atoms with E-state index in [1.165, 1.54) is 39.0 Å². The highest BCUT2D eigenvalue weighted by Crippen LogP contribution is 2.07. The largest absolute Gasteiger partial charge is 0.305 e. The lowest BCUT2D eigenvalue weighted by atomic mass is 10.3.